The monoisotopic (exact) mass is 316 g/mol. The molecule has 1 aliphatic carbocycles. The Hall–Kier alpha value is -2.04. The van der Waals surface area contributed by atoms with Crippen LogP contribution in [-0.4, -0.2) is 35.9 Å². The first kappa shape index (κ1) is 15.8. The lowest BCUT2D eigenvalue weighted by molar-refractivity contribution is -0.141. The quantitative estimate of drug-likeness (QED) is 0.850. The minimum absolute atomic E-state index is 0.00672. The van der Waals surface area contributed by atoms with Crippen molar-refractivity contribution in [3.63, 3.8) is 0 Å². The Labute approximate surface area is 137 Å². The Balaban J connectivity index is 1.63. The second-order valence-electron chi connectivity index (χ2n) is 6.73. The van der Waals surface area contributed by atoms with Gasteiger partial charge in [0, 0.05) is 18.8 Å². The van der Waals surface area contributed by atoms with E-state index >= 15 is 0 Å². The number of likely N-dealkylation sites (tertiary alicyclic amines) is 1. The van der Waals surface area contributed by atoms with Gasteiger partial charge >= 0.3 is 0 Å². The lowest BCUT2D eigenvalue weighted by Crippen LogP contribution is -2.41. The van der Waals surface area contributed by atoms with Gasteiger partial charge in [0.15, 0.2) is 0 Å². The van der Waals surface area contributed by atoms with E-state index in [1.54, 1.807) is 0 Å². The van der Waals surface area contributed by atoms with Crippen molar-refractivity contribution >= 4 is 17.5 Å². The maximum absolute atomic E-state index is 12.6. The number of nitrogens with one attached hydrogen (secondary N) is 1. The van der Waals surface area contributed by atoms with Crippen LogP contribution in [0.3, 0.4) is 0 Å². The van der Waals surface area contributed by atoms with Crippen LogP contribution in [0.25, 0.3) is 0 Å². The first-order valence-electron chi connectivity index (χ1n) is 8.39. The zero-order chi connectivity index (χ0) is 16.4. The largest absolute Gasteiger partial charge is 0.491 e. The molecule has 2 amide bonds. The molecule has 0 unspecified atom stereocenters. The van der Waals surface area contributed by atoms with Gasteiger partial charge in [-0.1, -0.05) is 0 Å². The van der Waals surface area contributed by atoms with Crippen molar-refractivity contribution in [3.05, 3.63) is 24.3 Å². The van der Waals surface area contributed by atoms with Crippen LogP contribution < -0.4 is 10.1 Å². The highest BCUT2D eigenvalue weighted by atomic mass is 16.5. The van der Waals surface area contributed by atoms with E-state index in [0.717, 1.165) is 31.7 Å². The second-order valence-corrected chi connectivity index (χ2v) is 6.73. The zero-order valence-corrected chi connectivity index (χ0v) is 13.8. The maximum atomic E-state index is 12.6. The number of benzene rings is 1. The Morgan fingerprint density at radius 3 is 2.26 bits per heavy atom. The lowest BCUT2D eigenvalue weighted by atomic mass is 10.0. The SMILES string of the molecule is CC(C)Oc1ccc(NC(=O)C2(C(=O)N3CCCC3)CC2)cc1. The number of carbonyl (C=O) groups excluding carboxylic acids is 2. The van der Waals surface area contributed by atoms with Gasteiger partial charge in [-0.25, -0.2) is 0 Å². The summed E-state index contributed by atoms with van der Waals surface area (Å²) in [5, 5.41) is 2.89. The van der Waals surface area contributed by atoms with Crippen molar-refractivity contribution in [2.75, 3.05) is 18.4 Å². The molecule has 0 aromatic heterocycles. The van der Waals surface area contributed by atoms with Gasteiger partial charge < -0.3 is 15.0 Å². The number of rotatable bonds is 5. The summed E-state index contributed by atoms with van der Waals surface area (Å²) in [5.41, 5.74) is -0.121. The van der Waals surface area contributed by atoms with E-state index in [-0.39, 0.29) is 17.9 Å². The summed E-state index contributed by atoms with van der Waals surface area (Å²) >= 11 is 0. The van der Waals surface area contributed by atoms with Crippen molar-refractivity contribution in [2.45, 2.75) is 45.6 Å². The number of anilines is 1. The van der Waals surface area contributed by atoms with E-state index in [9.17, 15) is 9.59 Å². The van der Waals surface area contributed by atoms with E-state index in [4.69, 9.17) is 4.74 Å². The fraction of sp³-hybridized carbons (Fsp3) is 0.556. The van der Waals surface area contributed by atoms with Gasteiger partial charge in [-0.2, -0.15) is 0 Å². The summed E-state index contributed by atoms with van der Waals surface area (Å²) in [5.74, 6) is 0.603. The van der Waals surface area contributed by atoms with Crippen LogP contribution in [-0.2, 0) is 9.59 Å². The summed E-state index contributed by atoms with van der Waals surface area (Å²) in [6.45, 7) is 5.51. The first-order chi connectivity index (χ1) is 11.0. The fourth-order valence-corrected chi connectivity index (χ4v) is 3.03. The number of amides is 2. The summed E-state index contributed by atoms with van der Waals surface area (Å²) in [6, 6.07) is 7.28. The molecular formula is C18H24N2O3. The molecule has 1 aromatic carbocycles. The zero-order valence-electron chi connectivity index (χ0n) is 13.8. The molecule has 23 heavy (non-hydrogen) atoms. The smallest absolute Gasteiger partial charge is 0.240 e. The highest BCUT2D eigenvalue weighted by Gasteiger charge is 2.58. The molecule has 1 heterocycles. The molecule has 1 aliphatic heterocycles. The van der Waals surface area contributed by atoms with Crippen molar-refractivity contribution in [1.82, 2.24) is 4.90 Å². The van der Waals surface area contributed by atoms with Crippen LogP contribution in [0.15, 0.2) is 24.3 Å². The van der Waals surface area contributed by atoms with Crippen molar-refractivity contribution in [1.29, 1.82) is 0 Å². The maximum Gasteiger partial charge on any atom is 0.240 e. The molecule has 5 heteroatoms. The van der Waals surface area contributed by atoms with Crippen LogP contribution in [0, 0.1) is 5.41 Å². The Kier molecular flexibility index (Phi) is 4.28. The number of ether oxygens (including phenoxy) is 1. The summed E-state index contributed by atoms with van der Waals surface area (Å²) in [6.07, 6.45) is 3.51. The summed E-state index contributed by atoms with van der Waals surface area (Å²) in [4.78, 5) is 27.0. The average molecular weight is 316 g/mol. The van der Waals surface area contributed by atoms with Crippen LogP contribution in [0.4, 0.5) is 5.69 Å². The molecule has 5 nitrogen and oxygen atoms in total. The molecule has 2 fully saturated rings. The van der Waals surface area contributed by atoms with E-state index in [1.807, 2.05) is 43.0 Å². The number of carbonyl (C=O) groups is 2. The molecule has 1 saturated heterocycles. The Morgan fingerprint density at radius 1 is 1.13 bits per heavy atom. The molecule has 124 valence electrons. The number of hydrogen-bond donors (Lipinski definition) is 1. The average Bonchev–Trinajstić information content (AvgIpc) is 3.15. The third kappa shape index (κ3) is 3.33. The van der Waals surface area contributed by atoms with Gasteiger partial charge in [0.2, 0.25) is 11.8 Å². The molecule has 0 atom stereocenters. The molecule has 2 aliphatic rings. The Bertz CT molecular complexity index is 585. The Morgan fingerprint density at radius 2 is 1.74 bits per heavy atom. The summed E-state index contributed by atoms with van der Waals surface area (Å²) in [7, 11) is 0. The van der Waals surface area contributed by atoms with Crippen molar-refractivity contribution < 1.29 is 14.3 Å². The molecule has 1 saturated carbocycles. The second kappa shape index (κ2) is 6.22. The molecule has 0 bridgehead atoms. The fourth-order valence-electron chi connectivity index (χ4n) is 3.03. The van der Waals surface area contributed by atoms with E-state index in [2.05, 4.69) is 5.32 Å². The van der Waals surface area contributed by atoms with Gasteiger partial charge in [0.25, 0.3) is 0 Å². The molecule has 1 N–H and O–H groups in total. The van der Waals surface area contributed by atoms with Gasteiger partial charge in [-0.3, -0.25) is 9.59 Å². The number of hydrogen-bond acceptors (Lipinski definition) is 3. The van der Waals surface area contributed by atoms with Gasteiger partial charge in [-0.05, 0) is 63.8 Å². The van der Waals surface area contributed by atoms with Crippen LogP contribution in [0.1, 0.15) is 39.5 Å². The predicted octanol–water partition coefficient (Wildman–Crippen LogP) is 2.81. The van der Waals surface area contributed by atoms with Crippen molar-refractivity contribution in [2.24, 2.45) is 5.41 Å². The molecular weight excluding hydrogens is 292 g/mol. The van der Waals surface area contributed by atoms with Gasteiger partial charge in [-0.15, -0.1) is 0 Å². The third-order valence-corrected chi connectivity index (χ3v) is 4.47. The molecule has 0 spiro atoms. The molecule has 1 aromatic rings. The summed E-state index contributed by atoms with van der Waals surface area (Å²) < 4.78 is 5.59. The topological polar surface area (TPSA) is 58.6 Å². The third-order valence-electron chi connectivity index (χ3n) is 4.47. The van der Waals surface area contributed by atoms with Gasteiger partial charge in [0.05, 0.1) is 6.10 Å². The predicted molar refractivity (Wildman–Crippen MR) is 88.3 cm³/mol. The minimum Gasteiger partial charge on any atom is -0.491 e. The first-order valence-corrected chi connectivity index (χ1v) is 8.39. The van der Waals surface area contributed by atoms with Crippen LogP contribution >= 0.6 is 0 Å². The minimum atomic E-state index is -0.822. The van der Waals surface area contributed by atoms with E-state index in [0.29, 0.717) is 18.5 Å². The number of nitrogens with zero attached hydrogens (tertiary/aromatic N) is 1. The highest BCUT2D eigenvalue weighted by Crippen LogP contribution is 2.48. The van der Waals surface area contributed by atoms with Crippen molar-refractivity contribution in [3.8, 4) is 5.75 Å². The van der Waals surface area contributed by atoms with E-state index in [1.165, 1.54) is 0 Å². The normalized spacial score (nSPS) is 18.8. The van der Waals surface area contributed by atoms with Crippen LogP contribution in [0.5, 0.6) is 5.75 Å². The molecule has 3 rings (SSSR count). The molecule has 0 radical (unpaired) electrons. The van der Waals surface area contributed by atoms with Gasteiger partial charge in [0.1, 0.15) is 11.2 Å². The highest BCUT2D eigenvalue weighted by molar-refractivity contribution is 6.13. The standard InChI is InChI=1S/C18H24N2O3/c1-13(2)23-15-7-5-14(6-8-15)19-16(21)18(9-10-18)17(22)20-11-3-4-12-20/h5-8,13H,3-4,9-12H2,1-2H3,(H,19,21). The van der Waals surface area contributed by atoms with Crippen LogP contribution in [0.2, 0.25) is 0 Å². The van der Waals surface area contributed by atoms with E-state index < -0.39 is 5.41 Å². The lowest BCUT2D eigenvalue weighted by Gasteiger charge is -2.22.